The second-order valence-corrected chi connectivity index (χ2v) is 10.7. The minimum Gasteiger partial charge on any atom is -0.743 e. The van der Waals surface area contributed by atoms with Gasteiger partial charge >= 0.3 is 29.2 Å². The van der Waals surface area contributed by atoms with Crippen molar-refractivity contribution in [1.29, 1.82) is 0 Å². The maximum atomic E-state index is 12.2. The highest BCUT2D eigenvalue weighted by Gasteiger charge is 2.83. The molecule has 0 bridgehead atoms. The third-order valence-electron chi connectivity index (χ3n) is 4.26. The minimum absolute atomic E-state index is 0.159. The smallest absolute Gasteiger partial charge is 0.460 e. The van der Waals surface area contributed by atoms with Crippen molar-refractivity contribution in [2.24, 2.45) is 0 Å². The molecule has 0 heterocycles. The van der Waals surface area contributed by atoms with Crippen LogP contribution in [0.15, 0.2) is 53.4 Å². The zero-order chi connectivity index (χ0) is 28.5. The second kappa shape index (κ2) is 10.5. The van der Waals surface area contributed by atoms with Crippen LogP contribution >= 0.6 is 0 Å². The number of hydrogen-bond acceptors (Lipinski definition) is 5. The maximum absolute atomic E-state index is 12.2. The van der Waals surface area contributed by atoms with Crippen LogP contribution in [0.25, 0.3) is 10.8 Å². The fraction of sp³-hybridized carbons (Fsp3) is 0.350. The molecule has 2 aromatic rings. The molecule has 0 amide bonds. The Balaban J connectivity index is 0.000000363. The molecule has 2 aromatic carbocycles. The molecule has 0 N–H and O–H groups in total. The van der Waals surface area contributed by atoms with Gasteiger partial charge in [0, 0.05) is 27.2 Å². The average molecular weight is 572 g/mol. The lowest BCUT2D eigenvalue weighted by Gasteiger charge is -2.34. The van der Waals surface area contributed by atoms with Gasteiger partial charge < -0.3 is 9.29 Å². The van der Waals surface area contributed by atoms with Gasteiger partial charge in [-0.3, -0.25) is 0 Å². The van der Waals surface area contributed by atoms with Gasteiger partial charge in [-0.05, 0) is 25.1 Å². The zero-order valence-corrected chi connectivity index (χ0v) is 20.1. The molecule has 0 aromatic heterocycles. The van der Waals surface area contributed by atoms with Crippen LogP contribution in [0.5, 0.6) is 5.75 Å². The first kappa shape index (κ1) is 31.6. The third kappa shape index (κ3) is 6.08. The van der Waals surface area contributed by atoms with Crippen LogP contribution in [-0.2, 0) is 25.8 Å². The summed E-state index contributed by atoms with van der Waals surface area (Å²) >= 11 is 0. The number of ether oxygens (including phenoxy) is 1. The molecule has 0 radical (unpaired) electrons. The van der Waals surface area contributed by atoms with Gasteiger partial charge in [0.05, 0.1) is 0 Å². The number of rotatable bonds is 6. The zero-order valence-electron chi connectivity index (χ0n) is 18.4. The van der Waals surface area contributed by atoms with Gasteiger partial charge in [-0.25, -0.2) is 13.2 Å². The fourth-order valence-corrected chi connectivity index (χ4v) is 3.79. The third-order valence-corrected chi connectivity index (χ3v) is 6.38. The molecule has 0 aliphatic carbocycles. The van der Waals surface area contributed by atoms with E-state index in [9.17, 15) is 57.3 Å². The standard InChI is InChI=1S/C16H17O2S.C4HF9O3S/c1-11(2)16(17)18-14-9-10-15(19(3)4)13-8-6-5-7-12(13)14;5-1(6,3(9,10)11)2(7,8)4(12,13)17(14,15)16/h5-10H,1H2,2-4H3;(H,14,15,16)/q+1;/p-1. The number of hydrogen-bond donors (Lipinski definition) is 0. The normalized spacial score (nSPS) is 13.3. The maximum Gasteiger partial charge on any atom is 0.460 e. The molecule has 2 rings (SSSR count). The van der Waals surface area contributed by atoms with Crippen molar-refractivity contribution in [2.75, 3.05) is 12.5 Å². The van der Waals surface area contributed by atoms with Crippen molar-refractivity contribution >= 4 is 37.8 Å². The Morgan fingerprint density at radius 2 is 1.36 bits per heavy atom. The summed E-state index contributed by atoms with van der Waals surface area (Å²) in [6.45, 7) is 5.25. The molecule has 0 unspecified atom stereocenters. The quantitative estimate of drug-likeness (QED) is 0.114. The van der Waals surface area contributed by atoms with E-state index in [1.807, 2.05) is 30.3 Å². The van der Waals surface area contributed by atoms with Gasteiger partial charge in [0.2, 0.25) is 0 Å². The van der Waals surface area contributed by atoms with E-state index in [4.69, 9.17) is 4.74 Å². The van der Waals surface area contributed by atoms with Crippen LogP contribution in [-0.4, -0.2) is 54.7 Å². The van der Waals surface area contributed by atoms with Crippen LogP contribution in [0.2, 0.25) is 0 Å². The summed E-state index contributed by atoms with van der Waals surface area (Å²) in [5.74, 6) is -14.6. The Kier molecular flexibility index (Phi) is 9.20. The highest BCUT2D eigenvalue weighted by molar-refractivity contribution is 7.95. The highest BCUT2D eigenvalue weighted by atomic mass is 32.2. The van der Waals surface area contributed by atoms with Gasteiger partial charge in [0.25, 0.3) is 0 Å². The van der Waals surface area contributed by atoms with E-state index < -0.39 is 33.4 Å². The lowest BCUT2D eigenvalue weighted by atomic mass is 10.1. The Morgan fingerprint density at radius 3 is 1.75 bits per heavy atom. The molecule has 0 spiro atoms. The van der Waals surface area contributed by atoms with Crippen LogP contribution in [0.1, 0.15) is 6.92 Å². The number of benzene rings is 2. The van der Waals surface area contributed by atoms with E-state index in [2.05, 4.69) is 25.2 Å². The molecule has 202 valence electrons. The lowest BCUT2D eigenvalue weighted by molar-refractivity contribution is -0.382. The van der Waals surface area contributed by atoms with Crippen molar-refractivity contribution in [3.63, 3.8) is 0 Å². The molecule has 0 fully saturated rings. The van der Waals surface area contributed by atoms with Crippen molar-refractivity contribution in [1.82, 2.24) is 0 Å². The summed E-state index contributed by atoms with van der Waals surface area (Å²) in [7, 11) is -7.26. The average Bonchev–Trinajstić information content (AvgIpc) is 2.72. The van der Waals surface area contributed by atoms with E-state index in [1.165, 1.54) is 4.90 Å². The van der Waals surface area contributed by atoms with Gasteiger partial charge in [-0.1, -0.05) is 24.8 Å². The lowest BCUT2D eigenvalue weighted by Crippen LogP contribution is -2.63. The predicted molar refractivity (Wildman–Crippen MR) is 112 cm³/mol. The van der Waals surface area contributed by atoms with Crippen LogP contribution in [0, 0.1) is 0 Å². The first-order chi connectivity index (χ1) is 16.0. The van der Waals surface area contributed by atoms with Crippen molar-refractivity contribution in [2.45, 2.75) is 35.1 Å². The number of alkyl halides is 9. The van der Waals surface area contributed by atoms with Crippen molar-refractivity contribution in [3.8, 4) is 5.75 Å². The molecule has 0 atom stereocenters. The van der Waals surface area contributed by atoms with Gasteiger partial charge in [-0.15, -0.1) is 0 Å². The predicted octanol–water partition coefficient (Wildman–Crippen LogP) is 5.52. The van der Waals surface area contributed by atoms with E-state index in [0.29, 0.717) is 11.3 Å². The molecular formula is C20H17F9O5S2. The molecule has 0 saturated heterocycles. The van der Waals surface area contributed by atoms with Gasteiger partial charge in [-0.2, -0.15) is 39.5 Å². The number of esters is 1. The monoisotopic (exact) mass is 572 g/mol. The molecule has 0 aliphatic rings. The summed E-state index contributed by atoms with van der Waals surface area (Å²) in [6.07, 6.45) is -2.80. The first-order valence-electron chi connectivity index (χ1n) is 9.13. The Hall–Kier alpha value is -2.46. The second-order valence-electron chi connectivity index (χ2n) is 7.21. The number of carbonyl (C=O) groups is 1. The Morgan fingerprint density at radius 1 is 0.889 bits per heavy atom. The summed E-state index contributed by atoms with van der Waals surface area (Å²) in [5, 5.41) is -5.00. The van der Waals surface area contributed by atoms with E-state index in [-0.39, 0.29) is 16.9 Å². The first-order valence-corrected chi connectivity index (χ1v) is 12.6. The summed E-state index contributed by atoms with van der Waals surface area (Å²) in [4.78, 5) is 12.9. The molecule has 0 saturated carbocycles. The van der Waals surface area contributed by atoms with Crippen molar-refractivity contribution in [3.05, 3.63) is 48.6 Å². The SMILES string of the molecule is C=C(C)C(=O)Oc1ccc([S+](C)C)c2ccccc12.O=S(=O)([O-])C(F)(F)C(F)(F)C(F)(F)C(F)(F)F. The van der Waals surface area contributed by atoms with Crippen LogP contribution in [0.4, 0.5) is 39.5 Å². The Labute approximate surface area is 202 Å². The minimum atomic E-state index is -7.43. The van der Waals surface area contributed by atoms with E-state index in [1.54, 1.807) is 6.92 Å². The molecule has 36 heavy (non-hydrogen) atoms. The number of fused-ring (bicyclic) bond motifs is 1. The molecule has 0 aliphatic heterocycles. The van der Waals surface area contributed by atoms with Crippen LogP contribution < -0.4 is 4.74 Å². The largest absolute Gasteiger partial charge is 0.743 e. The summed E-state index contributed by atoms with van der Waals surface area (Å²) in [5.41, 5.74) is 0.402. The number of carbonyl (C=O) groups excluding carboxylic acids is 1. The van der Waals surface area contributed by atoms with E-state index in [0.717, 1.165) is 10.8 Å². The molecular weight excluding hydrogens is 555 g/mol. The summed E-state index contributed by atoms with van der Waals surface area (Å²) < 4.78 is 141. The van der Waals surface area contributed by atoms with Crippen molar-refractivity contribution < 1.29 is 62.0 Å². The van der Waals surface area contributed by atoms with Gasteiger partial charge in [0.15, 0.2) is 15.0 Å². The fourth-order valence-electron chi connectivity index (χ4n) is 2.39. The topological polar surface area (TPSA) is 83.5 Å². The summed E-state index contributed by atoms with van der Waals surface area (Å²) in [6, 6.07) is 11.9. The Bertz CT molecular complexity index is 1240. The molecule has 5 nitrogen and oxygen atoms in total. The highest BCUT2D eigenvalue weighted by Crippen LogP contribution is 2.54. The van der Waals surface area contributed by atoms with Crippen LogP contribution in [0.3, 0.4) is 0 Å². The van der Waals surface area contributed by atoms with Gasteiger partial charge in [0.1, 0.15) is 18.3 Å². The van der Waals surface area contributed by atoms with E-state index >= 15 is 0 Å². The molecule has 16 heteroatoms. The number of halogens is 9.